The lowest BCUT2D eigenvalue weighted by Gasteiger charge is -2.12. The van der Waals surface area contributed by atoms with Crippen LogP contribution in [0.25, 0.3) is 0 Å². The van der Waals surface area contributed by atoms with Crippen molar-refractivity contribution in [3.05, 3.63) is 17.0 Å². The van der Waals surface area contributed by atoms with Gasteiger partial charge in [0.15, 0.2) is 0 Å². The van der Waals surface area contributed by atoms with Gasteiger partial charge < -0.3 is 4.74 Å². The van der Waals surface area contributed by atoms with Crippen LogP contribution in [0.4, 0.5) is 13.2 Å². The number of alkyl halides is 4. The lowest BCUT2D eigenvalue weighted by molar-refractivity contribution is -0.174. The van der Waals surface area contributed by atoms with Gasteiger partial charge in [0, 0.05) is 11.3 Å². The minimum atomic E-state index is -4.29. The molecule has 0 N–H and O–H groups in total. The van der Waals surface area contributed by atoms with E-state index in [4.69, 9.17) is 11.6 Å². The van der Waals surface area contributed by atoms with Crippen molar-refractivity contribution in [2.75, 3.05) is 13.2 Å². The van der Waals surface area contributed by atoms with Gasteiger partial charge in [-0.25, -0.2) is 0 Å². The average Bonchev–Trinajstić information content (AvgIpc) is 2.79. The SMILES string of the molecule is CCc1nn(CCOCC(F)(F)F)c(CC)c1C(Cl)CC. The largest absolute Gasteiger partial charge is 0.411 e. The zero-order chi connectivity index (χ0) is 16.0. The first-order chi connectivity index (χ1) is 9.84. The quantitative estimate of drug-likeness (QED) is 0.527. The van der Waals surface area contributed by atoms with Gasteiger partial charge in [0.05, 0.1) is 24.2 Å². The van der Waals surface area contributed by atoms with Crippen LogP contribution in [0.5, 0.6) is 0 Å². The Hall–Kier alpha value is -0.750. The van der Waals surface area contributed by atoms with E-state index in [1.54, 1.807) is 4.68 Å². The molecular formula is C14H22ClF3N2O. The lowest BCUT2D eigenvalue weighted by Crippen LogP contribution is -2.19. The van der Waals surface area contributed by atoms with Crippen molar-refractivity contribution in [1.82, 2.24) is 9.78 Å². The average molecular weight is 327 g/mol. The highest BCUT2D eigenvalue weighted by atomic mass is 35.5. The van der Waals surface area contributed by atoms with Crippen molar-refractivity contribution in [3.8, 4) is 0 Å². The zero-order valence-electron chi connectivity index (χ0n) is 12.6. The van der Waals surface area contributed by atoms with Crippen LogP contribution in [-0.4, -0.2) is 29.2 Å². The molecule has 0 amide bonds. The summed E-state index contributed by atoms with van der Waals surface area (Å²) in [5.74, 6) is 0. The van der Waals surface area contributed by atoms with Crippen LogP contribution in [0.15, 0.2) is 0 Å². The van der Waals surface area contributed by atoms with E-state index in [9.17, 15) is 13.2 Å². The van der Waals surface area contributed by atoms with Crippen LogP contribution in [0.3, 0.4) is 0 Å². The van der Waals surface area contributed by atoms with Gasteiger partial charge >= 0.3 is 6.18 Å². The van der Waals surface area contributed by atoms with E-state index in [-0.39, 0.29) is 12.0 Å². The number of ether oxygens (including phenoxy) is 1. The highest BCUT2D eigenvalue weighted by molar-refractivity contribution is 6.20. The number of nitrogens with zero attached hydrogens (tertiary/aromatic N) is 2. The highest BCUT2D eigenvalue weighted by Gasteiger charge is 2.27. The molecule has 1 aromatic heterocycles. The minimum Gasteiger partial charge on any atom is -0.370 e. The molecule has 0 bridgehead atoms. The summed E-state index contributed by atoms with van der Waals surface area (Å²) in [6.45, 7) is 5.05. The summed E-state index contributed by atoms with van der Waals surface area (Å²) < 4.78 is 42.5. The minimum absolute atomic E-state index is 0.0180. The zero-order valence-corrected chi connectivity index (χ0v) is 13.4. The summed E-state index contributed by atoms with van der Waals surface area (Å²) >= 11 is 6.36. The molecule has 0 fully saturated rings. The molecule has 122 valence electrons. The molecule has 0 aliphatic heterocycles. The van der Waals surface area contributed by atoms with Crippen molar-refractivity contribution in [3.63, 3.8) is 0 Å². The number of hydrogen-bond acceptors (Lipinski definition) is 2. The van der Waals surface area contributed by atoms with E-state index in [0.29, 0.717) is 6.54 Å². The number of aromatic nitrogens is 2. The summed E-state index contributed by atoms with van der Waals surface area (Å²) in [7, 11) is 0. The van der Waals surface area contributed by atoms with E-state index < -0.39 is 12.8 Å². The van der Waals surface area contributed by atoms with Crippen molar-refractivity contribution in [1.29, 1.82) is 0 Å². The van der Waals surface area contributed by atoms with Crippen LogP contribution in [0, 0.1) is 0 Å². The Morgan fingerprint density at radius 3 is 2.38 bits per heavy atom. The van der Waals surface area contributed by atoms with Crippen LogP contribution >= 0.6 is 11.6 Å². The van der Waals surface area contributed by atoms with Crippen molar-refractivity contribution >= 4 is 11.6 Å². The Kier molecular flexibility index (Phi) is 7.00. The van der Waals surface area contributed by atoms with Crippen molar-refractivity contribution in [2.24, 2.45) is 0 Å². The Labute approximate surface area is 128 Å². The summed E-state index contributed by atoms with van der Waals surface area (Å²) in [4.78, 5) is 0. The first-order valence-corrected chi connectivity index (χ1v) is 7.64. The molecule has 0 saturated heterocycles. The Balaban J connectivity index is 2.80. The lowest BCUT2D eigenvalue weighted by atomic mass is 10.0. The Morgan fingerprint density at radius 2 is 1.90 bits per heavy atom. The van der Waals surface area contributed by atoms with Crippen molar-refractivity contribution < 1.29 is 17.9 Å². The molecule has 1 aromatic rings. The number of hydrogen-bond donors (Lipinski definition) is 0. The van der Waals surface area contributed by atoms with Gasteiger partial charge in [0.25, 0.3) is 0 Å². The topological polar surface area (TPSA) is 27.1 Å². The van der Waals surface area contributed by atoms with E-state index in [1.165, 1.54) is 0 Å². The fourth-order valence-corrected chi connectivity index (χ4v) is 2.54. The molecule has 0 spiro atoms. The fourth-order valence-electron chi connectivity index (χ4n) is 2.29. The first-order valence-electron chi connectivity index (χ1n) is 7.20. The first kappa shape index (κ1) is 18.3. The third kappa shape index (κ3) is 5.18. The van der Waals surface area contributed by atoms with Gasteiger partial charge in [0.2, 0.25) is 0 Å². The molecule has 0 aliphatic carbocycles. The van der Waals surface area contributed by atoms with Gasteiger partial charge in [-0.05, 0) is 19.3 Å². The molecule has 21 heavy (non-hydrogen) atoms. The number of halogens is 4. The second-order valence-corrected chi connectivity index (χ2v) is 5.31. The van der Waals surface area contributed by atoms with Gasteiger partial charge in [-0.2, -0.15) is 18.3 Å². The maximum Gasteiger partial charge on any atom is 0.411 e. The standard InChI is InChI=1S/C14H22ClF3N2O/c1-4-10(15)13-11(5-2)19-20(12(13)6-3)7-8-21-9-14(16,17)18/h10H,4-9H2,1-3H3. The molecule has 0 radical (unpaired) electrons. The van der Waals surface area contributed by atoms with Gasteiger partial charge in [0.1, 0.15) is 6.61 Å². The summed E-state index contributed by atoms with van der Waals surface area (Å²) in [6.07, 6.45) is -2.01. The van der Waals surface area contributed by atoms with Gasteiger partial charge in [-0.15, -0.1) is 11.6 Å². The molecule has 0 aromatic carbocycles. The van der Waals surface area contributed by atoms with Crippen LogP contribution in [0.1, 0.15) is 49.5 Å². The van der Waals surface area contributed by atoms with Gasteiger partial charge in [-0.1, -0.05) is 20.8 Å². The predicted molar refractivity (Wildman–Crippen MR) is 76.7 cm³/mol. The van der Waals surface area contributed by atoms with Crippen molar-refractivity contribution in [2.45, 2.75) is 58.1 Å². The second-order valence-electron chi connectivity index (χ2n) is 4.78. The Bertz CT molecular complexity index is 446. The molecule has 7 heteroatoms. The summed E-state index contributed by atoms with van der Waals surface area (Å²) in [5.41, 5.74) is 2.94. The smallest absolute Gasteiger partial charge is 0.370 e. The van der Waals surface area contributed by atoms with Gasteiger partial charge in [-0.3, -0.25) is 4.68 Å². The van der Waals surface area contributed by atoms with E-state index in [1.807, 2.05) is 20.8 Å². The van der Waals surface area contributed by atoms with Crippen LogP contribution in [-0.2, 0) is 24.1 Å². The van der Waals surface area contributed by atoms with E-state index in [2.05, 4.69) is 9.84 Å². The molecule has 1 rings (SSSR count). The number of rotatable bonds is 8. The molecule has 1 unspecified atom stereocenters. The third-order valence-electron chi connectivity index (χ3n) is 3.23. The molecule has 0 saturated carbocycles. The second kappa shape index (κ2) is 8.03. The monoisotopic (exact) mass is 326 g/mol. The normalized spacial score (nSPS) is 13.7. The molecule has 3 nitrogen and oxygen atoms in total. The fraction of sp³-hybridized carbons (Fsp3) is 0.786. The maximum absolute atomic E-state index is 12.0. The number of aryl methyl sites for hydroxylation is 1. The molecular weight excluding hydrogens is 305 g/mol. The van der Waals surface area contributed by atoms with E-state index >= 15 is 0 Å². The summed E-state index contributed by atoms with van der Waals surface area (Å²) in [5, 5.41) is 4.36. The highest BCUT2D eigenvalue weighted by Crippen LogP contribution is 2.31. The predicted octanol–water partition coefficient (Wildman–Crippen LogP) is 4.28. The molecule has 1 atom stereocenters. The van der Waals surface area contributed by atoms with Crippen LogP contribution in [0.2, 0.25) is 0 Å². The summed E-state index contributed by atoms with van der Waals surface area (Å²) in [6, 6.07) is 0. The Morgan fingerprint density at radius 1 is 1.24 bits per heavy atom. The molecule has 1 heterocycles. The third-order valence-corrected chi connectivity index (χ3v) is 3.76. The molecule has 0 aliphatic rings. The maximum atomic E-state index is 12.0. The van der Waals surface area contributed by atoms with Crippen LogP contribution < -0.4 is 0 Å². The van der Waals surface area contributed by atoms with E-state index in [0.717, 1.165) is 36.2 Å².